The fourth-order valence-electron chi connectivity index (χ4n) is 3.72. The summed E-state index contributed by atoms with van der Waals surface area (Å²) in [7, 11) is 0. The molecule has 0 atom stereocenters. The Morgan fingerprint density at radius 1 is 1.06 bits per heavy atom. The van der Waals surface area contributed by atoms with Gasteiger partial charge in [0.1, 0.15) is 5.75 Å². The van der Waals surface area contributed by atoms with Gasteiger partial charge in [0.05, 0.1) is 24.3 Å². The van der Waals surface area contributed by atoms with E-state index in [2.05, 4.69) is 5.32 Å². The quantitative estimate of drug-likeness (QED) is 0.343. The predicted molar refractivity (Wildman–Crippen MR) is 137 cm³/mol. The molecule has 0 aliphatic heterocycles. The molecule has 2 N–H and O–H groups in total. The van der Waals surface area contributed by atoms with Gasteiger partial charge in [0.2, 0.25) is 5.91 Å². The fraction of sp³-hybridized carbons (Fsp3) is 0.241. The molecule has 0 aliphatic carbocycles. The van der Waals surface area contributed by atoms with Gasteiger partial charge in [0, 0.05) is 5.56 Å². The summed E-state index contributed by atoms with van der Waals surface area (Å²) in [5.41, 5.74) is 4.99. The second-order valence-corrected chi connectivity index (χ2v) is 8.19. The molecule has 3 aromatic rings. The first-order valence-electron chi connectivity index (χ1n) is 11.5. The first-order valence-corrected chi connectivity index (χ1v) is 11.5. The molecule has 5 nitrogen and oxygen atoms in total. The van der Waals surface area contributed by atoms with Gasteiger partial charge >= 0.3 is 5.97 Å². The fourth-order valence-corrected chi connectivity index (χ4v) is 3.72. The average molecular weight is 458 g/mol. The van der Waals surface area contributed by atoms with Crippen LogP contribution in [0.15, 0.2) is 72.8 Å². The summed E-state index contributed by atoms with van der Waals surface area (Å²) >= 11 is 0. The first kappa shape index (κ1) is 24.8. The highest BCUT2D eigenvalue weighted by Gasteiger charge is 2.18. The van der Waals surface area contributed by atoms with Gasteiger partial charge < -0.3 is 15.2 Å². The lowest BCUT2D eigenvalue weighted by Crippen LogP contribution is -2.16. The lowest BCUT2D eigenvalue weighted by atomic mass is 9.95. The zero-order valence-corrected chi connectivity index (χ0v) is 19.9. The van der Waals surface area contributed by atoms with Crippen molar-refractivity contribution in [1.82, 2.24) is 0 Å². The highest BCUT2D eigenvalue weighted by molar-refractivity contribution is 5.98. The smallest absolute Gasteiger partial charge is 0.336 e. The molecule has 3 rings (SSSR count). The molecule has 0 aromatic heterocycles. The Labute approximate surface area is 201 Å². The molecular weight excluding hydrogens is 426 g/mol. The van der Waals surface area contributed by atoms with Crippen LogP contribution in [0.25, 0.3) is 11.1 Å². The number of aromatic carboxylic acids is 1. The van der Waals surface area contributed by atoms with Crippen LogP contribution in [0.1, 0.15) is 47.3 Å². The zero-order chi connectivity index (χ0) is 24.5. The minimum Gasteiger partial charge on any atom is -0.491 e. The number of anilines is 1. The molecular formula is C29H31NO4. The third kappa shape index (κ3) is 6.35. The molecule has 0 aliphatic rings. The number of aryl methyl sites for hydroxylation is 1. The van der Waals surface area contributed by atoms with Crippen molar-refractivity contribution in [3.05, 3.63) is 95.1 Å². The van der Waals surface area contributed by atoms with Gasteiger partial charge in [-0.3, -0.25) is 4.79 Å². The van der Waals surface area contributed by atoms with E-state index in [1.165, 1.54) is 0 Å². The maximum atomic E-state index is 13.0. The standard InChI is InChI=1S/C29H31NO4/c1-4-6-9-22-18-23(24-10-7-8-11-25(24)29(32)33)19-26(28(22)34-16-5-2)30-27(31)17-21-14-12-20(3)13-15-21/h4,6-8,10-15,18-19H,5,9,16-17H2,1-3H3,(H,30,31)(H,32,33)/b6-4+. The minimum atomic E-state index is -0.998. The molecule has 0 heterocycles. The number of carboxylic acid groups (broad SMARTS) is 1. The van der Waals surface area contributed by atoms with E-state index in [1.807, 2.05) is 69.3 Å². The molecule has 3 aromatic carbocycles. The summed E-state index contributed by atoms with van der Waals surface area (Å²) in [5, 5.41) is 12.7. The maximum absolute atomic E-state index is 13.0. The van der Waals surface area contributed by atoms with E-state index in [0.717, 1.165) is 23.1 Å². The van der Waals surface area contributed by atoms with E-state index < -0.39 is 5.97 Å². The van der Waals surface area contributed by atoms with Crippen LogP contribution in [0.3, 0.4) is 0 Å². The summed E-state index contributed by atoms with van der Waals surface area (Å²) in [6, 6.07) is 18.5. The number of amides is 1. The molecule has 0 spiro atoms. The number of carbonyl (C=O) groups excluding carboxylic acids is 1. The molecule has 0 bridgehead atoms. The summed E-state index contributed by atoms with van der Waals surface area (Å²) in [5.74, 6) is -0.540. The Hall–Kier alpha value is -3.86. The molecule has 0 saturated heterocycles. The number of nitrogens with one attached hydrogen (secondary N) is 1. The normalized spacial score (nSPS) is 10.9. The number of ether oxygens (including phenoxy) is 1. The van der Waals surface area contributed by atoms with E-state index in [0.29, 0.717) is 35.6 Å². The Balaban J connectivity index is 2.07. The molecule has 0 radical (unpaired) electrons. The lowest BCUT2D eigenvalue weighted by molar-refractivity contribution is -0.115. The third-order valence-corrected chi connectivity index (χ3v) is 5.42. The number of carboxylic acids is 1. The number of hydrogen-bond acceptors (Lipinski definition) is 3. The second-order valence-electron chi connectivity index (χ2n) is 8.19. The largest absolute Gasteiger partial charge is 0.491 e. The molecule has 0 saturated carbocycles. The van der Waals surface area contributed by atoms with Crippen LogP contribution in [-0.2, 0) is 17.6 Å². The van der Waals surface area contributed by atoms with E-state index in [9.17, 15) is 14.7 Å². The number of benzene rings is 3. The highest BCUT2D eigenvalue weighted by atomic mass is 16.5. The number of allylic oxidation sites excluding steroid dienone is 2. The van der Waals surface area contributed by atoms with Gasteiger partial charge in [-0.25, -0.2) is 4.79 Å². The van der Waals surface area contributed by atoms with Crippen molar-refractivity contribution < 1.29 is 19.4 Å². The monoisotopic (exact) mass is 457 g/mol. The topological polar surface area (TPSA) is 75.6 Å². The SMILES string of the molecule is C/C=C/Cc1cc(-c2ccccc2C(=O)O)cc(NC(=O)Cc2ccc(C)cc2)c1OCCC. The van der Waals surface area contributed by atoms with Crippen molar-refractivity contribution in [1.29, 1.82) is 0 Å². The molecule has 176 valence electrons. The van der Waals surface area contributed by atoms with Crippen LogP contribution in [-0.4, -0.2) is 23.6 Å². The van der Waals surface area contributed by atoms with Crippen molar-refractivity contribution in [2.45, 2.75) is 40.0 Å². The summed E-state index contributed by atoms with van der Waals surface area (Å²) < 4.78 is 6.08. The van der Waals surface area contributed by atoms with Crippen LogP contribution in [0, 0.1) is 6.92 Å². The van der Waals surface area contributed by atoms with Crippen molar-refractivity contribution in [3.63, 3.8) is 0 Å². The first-order chi connectivity index (χ1) is 16.4. The number of rotatable bonds is 10. The zero-order valence-electron chi connectivity index (χ0n) is 19.9. The van der Waals surface area contributed by atoms with Crippen LogP contribution >= 0.6 is 0 Å². The second kappa shape index (κ2) is 11.8. The number of hydrogen-bond donors (Lipinski definition) is 2. The lowest BCUT2D eigenvalue weighted by Gasteiger charge is -2.19. The summed E-state index contributed by atoms with van der Waals surface area (Å²) in [4.78, 5) is 24.8. The molecule has 0 unspecified atom stereocenters. The average Bonchev–Trinajstić information content (AvgIpc) is 2.83. The van der Waals surface area contributed by atoms with Crippen molar-refractivity contribution in [2.24, 2.45) is 0 Å². The number of carbonyl (C=O) groups is 2. The van der Waals surface area contributed by atoms with Crippen molar-refractivity contribution in [2.75, 3.05) is 11.9 Å². The summed E-state index contributed by atoms with van der Waals surface area (Å²) in [6.45, 7) is 6.49. The van der Waals surface area contributed by atoms with Gasteiger partial charge in [-0.1, -0.05) is 67.1 Å². The third-order valence-electron chi connectivity index (χ3n) is 5.42. The van der Waals surface area contributed by atoms with E-state index >= 15 is 0 Å². The highest BCUT2D eigenvalue weighted by Crippen LogP contribution is 2.37. The molecule has 34 heavy (non-hydrogen) atoms. The molecule has 5 heteroatoms. The van der Waals surface area contributed by atoms with Crippen LogP contribution in [0.2, 0.25) is 0 Å². The molecule has 0 fully saturated rings. The van der Waals surface area contributed by atoms with Gasteiger partial charge in [-0.2, -0.15) is 0 Å². The van der Waals surface area contributed by atoms with Crippen molar-refractivity contribution in [3.8, 4) is 16.9 Å². The Morgan fingerprint density at radius 3 is 2.47 bits per heavy atom. The Morgan fingerprint density at radius 2 is 1.79 bits per heavy atom. The van der Waals surface area contributed by atoms with E-state index in [1.54, 1.807) is 24.3 Å². The molecule has 1 amide bonds. The van der Waals surface area contributed by atoms with Gasteiger partial charge in [0.25, 0.3) is 0 Å². The predicted octanol–water partition coefficient (Wildman–Crippen LogP) is 6.45. The van der Waals surface area contributed by atoms with Gasteiger partial charge in [-0.15, -0.1) is 0 Å². The minimum absolute atomic E-state index is 0.161. The van der Waals surface area contributed by atoms with Gasteiger partial charge in [0.15, 0.2) is 0 Å². The van der Waals surface area contributed by atoms with Gasteiger partial charge in [-0.05, 0) is 61.6 Å². The van der Waals surface area contributed by atoms with Crippen LogP contribution < -0.4 is 10.1 Å². The Bertz CT molecular complexity index is 1180. The van der Waals surface area contributed by atoms with Crippen molar-refractivity contribution >= 4 is 17.6 Å². The van der Waals surface area contributed by atoms with Crippen LogP contribution in [0.4, 0.5) is 5.69 Å². The summed E-state index contributed by atoms with van der Waals surface area (Å²) in [6.07, 6.45) is 5.62. The van der Waals surface area contributed by atoms with E-state index in [-0.39, 0.29) is 17.9 Å². The van der Waals surface area contributed by atoms with E-state index in [4.69, 9.17) is 4.74 Å². The maximum Gasteiger partial charge on any atom is 0.336 e. The van der Waals surface area contributed by atoms with Crippen LogP contribution in [0.5, 0.6) is 5.75 Å². The Kier molecular flexibility index (Phi) is 8.63.